The van der Waals surface area contributed by atoms with Crippen molar-refractivity contribution >= 4 is 17.7 Å². The minimum absolute atomic E-state index is 0.177. The lowest BCUT2D eigenvalue weighted by Crippen LogP contribution is -2.21. The fourth-order valence-corrected chi connectivity index (χ4v) is 2.45. The van der Waals surface area contributed by atoms with E-state index in [0.717, 1.165) is 11.4 Å². The maximum Gasteiger partial charge on any atom is 0.318 e. The molecule has 0 fully saturated rings. The van der Waals surface area contributed by atoms with Gasteiger partial charge < -0.3 is 10.1 Å². The van der Waals surface area contributed by atoms with E-state index in [0.29, 0.717) is 6.04 Å². The first-order valence-electron chi connectivity index (χ1n) is 6.09. The summed E-state index contributed by atoms with van der Waals surface area (Å²) in [5.41, 5.74) is 1.23. The Morgan fingerprint density at radius 2 is 2.11 bits per heavy atom. The van der Waals surface area contributed by atoms with E-state index in [-0.39, 0.29) is 11.2 Å². The average Bonchev–Trinajstić information content (AvgIpc) is 2.35. The summed E-state index contributed by atoms with van der Waals surface area (Å²) < 4.78 is 4.72. The first-order valence-corrected chi connectivity index (χ1v) is 6.97. The molecule has 0 aliphatic carbocycles. The number of hydrogen-bond acceptors (Lipinski definition) is 4. The maximum absolute atomic E-state index is 11.4. The molecule has 0 aromatic heterocycles. The predicted octanol–water partition coefficient (Wildman–Crippen LogP) is 2.84. The van der Waals surface area contributed by atoms with Gasteiger partial charge in [-0.05, 0) is 24.6 Å². The summed E-state index contributed by atoms with van der Waals surface area (Å²) in [6.07, 6.45) is 0. The molecule has 18 heavy (non-hydrogen) atoms. The van der Waals surface area contributed by atoms with Gasteiger partial charge in [-0.2, -0.15) is 0 Å². The van der Waals surface area contributed by atoms with Crippen molar-refractivity contribution in [2.45, 2.75) is 43.5 Å². The third-order valence-electron chi connectivity index (χ3n) is 2.46. The Hall–Kier alpha value is -1.00. The molecule has 3 nitrogen and oxygen atoms in total. The zero-order chi connectivity index (χ0) is 13.5. The number of thioether (sulfide) groups is 1. The van der Waals surface area contributed by atoms with Crippen LogP contribution in [0.1, 0.15) is 26.3 Å². The van der Waals surface area contributed by atoms with E-state index in [9.17, 15) is 4.79 Å². The molecule has 0 aliphatic heterocycles. The molecule has 1 aromatic carbocycles. The average molecular weight is 267 g/mol. The Balaban J connectivity index is 2.61. The zero-order valence-electron chi connectivity index (χ0n) is 11.4. The molecule has 1 unspecified atom stereocenters. The van der Waals surface area contributed by atoms with Crippen molar-refractivity contribution in [1.29, 1.82) is 0 Å². The monoisotopic (exact) mass is 267 g/mol. The van der Waals surface area contributed by atoms with Crippen LogP contribution in [0.2, 0.25) is 0 Å². The highest BCUT2D eigenvalue weighted by Gasteiger charge is 2.14. The Bertz CT molecular complexity index is 393. The number of carbonyl (C=O) groups excluding carboxylic acids is 1. The predicted molar refractivity (Wildman–Crippen MR) is 75.8 cm³/mol. The van der Waals surface area contributed by atoms with E-state index in [2.05, 4.69) is 31.3 Å². The fraction of sp³-hybridized carbons (Fsp3) is 0.500. The lowest BCUT2D eigenvalue weighted by molar-refractivity contribution is -0.139. The van der Waals surface area contributed by atoms with E-state index < -0.39 is 0 Å². The van der Waals surface area contributed by atoms with E-state index in [4.69, 9.17) is 4.74 Å². The largest absolute Gasteiger partial charge is 0.468 e. The lowest BCUT2D eigenvalue weighted by atomic mass is 10.2. The van der Waals surface area contributed by atoms with Crippen molar-refractivity contribution in [3.8, 4) is 0 Å². The van der Waals surface area contributed by atoms with Gasteiger partial charge in [0.1, 0.15) is 5.25 Å². The van der Waals surface area contributed by atoms with Crippen LogP contribution in [0.25, 0.3) is 0 Å². The van der Waals surface area contributed by atoms with Crippen LogP contribution < -0.4 is 5.32 Å². The van der Waals surface area contributed by atoms with E-state index in [1.165, 1.54) is 24.4 Å². The maximum atomic E-state index is 11.4. The molecule has 100 valence electrons. The molecule has 1 atom stereocenters. The highest BCUT2D eigenvalue weighted by Crippen LogP contribution is 2.24. The minimum Gasteiger partial charge on any atom is -0.468 e. The normalized spacial score (nSPS) is 12.5. The number of ether oxygens (including phenoxy) is 1. The molecule has 1 aromatic rings. The zero-order valence-corrected chi connectivity index (χ0v) is 12.2. The van der Waals surface area contributed by atoms with Gasteiger partial charge in [0.2, 0.25) is 0 Å². The van der Waals surface area contributed by atoms with Crippen LogP contribution in [-0.4, -0.2) is 24.4 Å². The smallest absolute Gasteiger partial charge is 0.318 e. The van der Waals surface area contributed by atoms with Gasteiger partial charge in [-0.25, -0.2) is 0 Å². The highest BCUT2D eigenvalue weighted by molar-refractivity contribution is 8.00. The van der Waals surface area contributed by atoms with Crippen molar-refractivity contribution in [3.63, 3.8) is 0 Å². The molecule has 0 bridgehead atoms. The third-order valence-corrected chi connectivity index (χ3v) is 3.53. The van der Waals surface area contributed by atoms with Gasteiger partial charge in [-0.1, -0.05) is 26.0 Å². The van der Waals surface area contributed by atoms with Crippen LogP contribution in [0.15, 0.2) is 29.2 Å². The molecule has 4 heteroatoms. The number of rotatable bonds is 6. The molecule has 0 aliphatic rings. The van der Waals surface area contributed by atoms with Crippen molar-refractivity contribution in [2.75, 3.05) is 7.11 Å². The summed E-state index contributed by atoms with van der Waals surface area (Å²) in [4.78, 5) is 12.5. The second-order valence-electron chi connectivity index (χ2n) is 4.47. The first kappa shape index (κ1) is 15.1. The van der Waals surface area contributed by atoms with Crippen LogP contribution in [0.5, 0.6) is 0 Å². The first-order chi connectivity index (χ1) is 8.52. The SMILES string of the molecule is COC(=O)C(C)Sc1cccc(CNC(C)C)c1. The molecule has 0 spiro atoms. The fourth-order valence-electron chi connectivity index (χ4n) is 1.47. The van der Waals surface area contributed by atoms with E-state index in [1.54, 1.807) is 0 Å². The second-order valence-corrected chi connectivity index (χ2v) is 5.88. The van der Waals surface area contributed by atoms with Crippen molar-refractivity contribution in [2.24, 2.45) is 0 Å². The lowest BCUT2D eigenvalue weighted by Gasteiger charge is -2.11. The van der Waals surface area contributed by atoms with E-state index >= 15 is 0 Å². The topological polar surface area (TPSA) is 38.3 Å². The summed E-state index contributed by atoms with van der Waals surface area (Å²) in [6, 6.07) is 8.70. The summed E-state index contributed by atoms with van der Waals surface area (Å²) >= 11 is 1.52. The Kier molecular flexibility index (Phi) is 6.22. The van der Waals surface area contributed by atoms with Gasteiger partial charge >= 0.3 is 5.97 Å². The van der Waals surface area contributed by atoms with Gasteiger partial charge in [-0.15, -0.1) is 11.8 Å². The van der Waals surface area contributed by atoms with Crippen LogP contribution >= 0.6 is 11.8 Å². The molecule has 1 N–H and O–H groups in total. The standard InChI is InChI=1S/C14H21NO2S/c1-10(2)15-9-12-6-5-7-13(8-12)18-11(3)14(16)17-4/h5-8,10-11,15H,9H2,1-4H3. The number of hydrogen-bond donors (Lipinski definition) is 1. The quantitative estimate of drug-likeness (QED) is 0.635. The highest BCUT2D eigenvalue weighted by atomic mass is 32.2. The minimum atomic E-state index is -0.189. The summed E-state index contributed by atoms with van der Waals surface area (Å²) in [7, 11) is 1.42. The number of nitrogens with one attached hydrogen (secondary N) is 1. The summed E-state index contributed by atoms with van der Waals surface area (Å²) in [6.45, 7) is 6.95. The van der Waals surface area contributed by atoms with Gasteiger partial charge in [0.15, 0.2) is 0 Å². The molecule has 0 saturated carbocycles. The molecule has 0 amide bonds. The van der Waals surface area contributed by atoms with Gasteiger partial charge in [0, 0.05) is 17.5 Å². The summed E-state index contributed by atoms with van der Waals surface area (Å²) in [5, 5.41) is 3.20. The van der Waals surface area contributed by atoms with Crippen LogP contribution in [0, 0.1) is 0 Å². The van der Waals surface area contributed by atoms with Crippen molar-refractivity contribution < 1.29 is 9.53 Å². The number of esters is 1. The molecule has 1 rings (SSSR count). The van der Waals surface area contributed by atoms with Gasteiger partial charge in [-0.3, -0.25) is 4.79 Å². The molecule has 0 radical (unpaired) electrons. The molecular weight excluding hydrogens is 246 g/mol. The number of carbonyl (C=O) groups is 1. The second kappa shape index (κ2) is 7.44. The Labute approximate surface area is 113 Å². The molecule has 0 heterocycles. The number of benzene rings is 1. The number of methoxy groups -OCH3 is 1. The summed E-state index contributed by atoms with van der Waals surface area (Å²) in [5.74, 6) is -0.189. The van der Waals surface area contributed by atoms with E-state index in [1.807, 2.05) is 19.1 Å². The van der Waals surface area contributed by atoms with Gasteiger partial charge in [0.05, 0.1) is 7.11 Å². The van der Waals surface area contributed by atoms with Crippen LogP contribution in [-0.2, 0) is 16.1 Å². The molecule has 0 saturated heterocycles. The van der Waals surface area contributed by atoms with Crippen LogP contribution in [0.4, 0.5) is 0 Å². The van der Waals surface area contributed by atoms with Crippen LogP contribution in [0.3, 0.4) is 0 Å². The van der Waals surface area contributed by atoms with Crippen molar-refractivity contribution in [1.82, 2.24) is 5.32 Å². The Morgan fingerprint density at radius 1 is 1.39 bits per heavy atom. The third kappa shape index (κ3) is 5.10. The van der Waals surface area contributed by atoms with Crippen molar-refractivity contribution in [3.05, 3.63) is 29.8 Å². The Morgan fingerprint density at radius 3 is 2.72 bits per heavy atom. The van der Waals surface area contributed by atoms with Gasteiger partial charge in [0.25, 0.3) is 0 Å². The molecular formula is C14H21NO2S.